The molecule has 0 saturated carbocycles. The number of fused-ring (bicyclic) bond motifs is 1. The molecule has 0 aromatic heterocycles. The van der Waals surface area contributed by atoms with Crippen molar-refractivity contribution >= 4 is 5.97 Å². The van der Waals surface area contributed by atoms with Gasteiger partial charge in [-0.15, -0.1) is 0 Å². The summed E-state index contributed by atoms with van der Waals surface area (Å²) in [7, 11) is 0. The Morgan fingerprint density at radius 3 is 2.33 bits per heavy atom. The van der Waals surface area contributed by atoms with Gasteiger partial charge in [0.05, 0.1) is 16.8 Å². The molecule has 3 aromatic rings. The minimum atomic E-state index is -4.65. The second-order valence-electron chi connectivity index (χ2n) is 11.1. The number of nitrogens with zero attached hydrogens (tertiary/aromatic N) is 3. The van der Waals surface area contributed by atoms with E-state index < -0.39 is 29.9 Å². The van der Waals surface area contributed by atoms with Crippen molar-refractivity contribution in [1.82, 2.24) is 14.5 Å². The van der Waals surface area contributed by atoms with E-state index in [1.807, 2.05) is 10.8 Å². The highest BCUT2D eigenvalue weighted by Gasteiger charge is 2.34. The SMILES string of the molecule is Cc1cccc(-c2nc3ccn(Cc4ccc(-c5ccc(OCC(=O)OC(C)(C)C)cc5C(F)(F)F)cc4)cc-3n2)c1F. The Morgan fingerprint density at radius 2 is 1.63 bits per heavy atom. The lowest BCUT2D eigenvalue weighted by Crippen LogP contribution is -2.27. The summed E-state index contributed by atoms with van der Waals surface area (Å²) in [5.74, 6) is -0.819. The summed E-state index contributed by atoms with van der Waals surface area (Å²) in [6, 6.07) is 17.2. The third kappa shape index (κ3) is 7.02. The second-order valence-corrected chi connectivity index (χ2v) is 11.1. The number of aryl methyl sites for hydroxylation is 1. The molecule has 0 bridgehead atoms. The van der Waals surface area contributed by atoms with E-state index >= 15 is 0 Å². The average molecular weight is 592 g/mol. The number of carbonyl (C=O) groups is 1. The van der Waals surface area contributed by atoms with Gasteiger partial charge >= 0.3 is 12.1 Å². The van der Waals surface area contributed by atoms with Crippen molar-refractivity contribution in [1.29, 1.82) is 0 Å². The summed E-state index contributed by atoms with van der Waals surface area (Å²) in [6.45, 7) is 6.67. The molecule has 0 atom stereocenters. The molecule has 0 aliphatic carbocycles. The molecule has 3 aromatic carbocycles. The molecule has 5 rings (SSSR count). The highest BCUT2D eigenvalue weighted by Crippen LogP contribution is 2.39. The van der Waals surface area contributed by atoms with Gasteiger partial charge in [-0.05, 0) is 74.2 Å². The molecule has 2 aliphatic heterocycles. The highest BCUT2D eigenvalue weighted by molar-refractivity contribution is 5.72. The van der Waals surface area contributed by atoms with Crippen molar-refractivity contribution in [2.24, 2.45) is 0 Å². The van der Waals surface area contributed by atoms with Crippen molar-refractivity contribution in [3.63, 3.8) is 0 Å². The molecular formula is C33H29F4N3O3. The number of hydrogen-bond acceptors (Lipinski definition) is 5. The van der Waals surface area contributed by atoms with Crippen molar-refractivity contribution < 1.29 is 31.8 Å². The number of hydrogen-bond donors (Lipinski definition) is 0. The molecule has 0 saturated heterocycles. The largest absolute Gasteiger partial charge is 0.482 e. The quantitative estimate of drug-likeness (QED) is 0.142. The Hall–Kier alpha value is -4.73. The maximum absolute atomic E-state index is 14.6. The van der Waals surface area contributed by atoms with Crippen LogP contribution in [0.4, 0.5) is 17.6 Å². The zero-order valence-electron chi connectivity index (χ0n) is 24.0. The van der Waals surface area contributed by atoms with E-state index in [2.05, 4.69) is 9.97 Å². The van der Waals surface area contributed by atoms with E-state index in [4.69, 9.17) is 9.47 Å². The number of carbonyl (C=O) groups excluding carboxylic acids is 1. The molecule has 6 nitrogen and oxygen atoms in total. The summed E-state index contributed by atoms with van der Waals surface area (Å²) >= 11 is 0. The Morgan fingerprint density at radius 1 is 0.907 bits per heavy atom. The number of alkyl halides is 3. The maximum Gasteiger partial charge on any atom is 0.417 e. The zero-order valence-corrected chi connectivity index (χ0v) is 24.0. The molecule has 0 radical (unpaired) electrons. The van der Waals surface area contributed by atoms with Crippen LogP contribution in [0.2, 0.25) is 0 Å². The van der Waals surface area contributed by atoms with Crippen molar-refractivity contribution in [2.45, 2.75) is 46.0 Å². The normalized spacial score (nSPS) is 12.0. The van der Waals surface area contributed by atoms with Crippen molar-refractivity contribution in [3.8, 4) is 39.7 Å². The van der Waals surface area contributed by atoms with Crippen LogP contribution < -0.4 is 4.74 Å². The first-order valence-corrected chi connectivity index (χ1v) is 13.5. The van der Waals surface area contributed by atoms with Crippen LogP contribution in [0.5, 0.6) is 5.75 Å². The summed E-state index contributed by atoms with van der Waals surface area (Å²) in [4.78, 5) is 20.9. The monoisotopic (exact) mass is 591 g/mol. The number of pyridine rings is 1. The summed E-state index contributed by atoms with van der Waals surface area (Å²) in [5.41, 5.74) is 1.67. The van der Waals surface area contributed by atoms with E-state index in [1.165, 1.54) is 12.1 Å². The van der Waals surface area contributed by atoms with E-state index in [0.717, 1.165) is 11.6 Å². The Bertz CT molecular complexity index is 1740. The predicted molar refractivity (Wildman–Crippen MR) is 154 cm³/mol. The molecule has 0 fully saturated rings. The summed E-state index contributed by atoms with van der Waals surface area (Å²) < 4.78 is 68.9. The molecule has 2 aliphatic rings. The van der Waals surface area contributed by atoms with Gasteiger partial charge in [0.15, 0.2) is 12.4 Å². The smallest absolute Gasteiger partial charge is 0.417 e. The minimum absolute atomic E-state index is 0.0132. The van der Waals surface area contributed by atoms with Gasteiger partial charge in [0.1, 0.15) is 22.9 Å². The van der Waals surface area contributed by atoms with Gasteiger partial charge in [-0.2, -0.15) is 13.2 Å². The fraction of sp³-hybridized carbons (Fsp3) is 0.242. The zero-order chi connectivity index (χ0) is 30.9. The van der Waals surface area contributed by atoms with Gasteiger partial charge in [0.25, 0.3) is 0 Å². The van der Waals surface area contributed by atoms with Gasteiger partial charge < -0.3 is 14.0 Å². The first-order valence-electron chi connectivity index (χ1n) is 13.5. The first kappa shape index (κ1) is 29.8. The van der Waals surface area contributed by atoms with E-state index in [0.29, 0.717) is 40.4 Å². The van der Waals surface area contributed by atoms with Gasteiger partial charge in [-0.1, -0.05) is 42.5 Å². The number of halogens is 4. The van der Waals surface area contributed by atoms with Gasteiger partial charge in [0, 0.05) is 18.9 Å². The topological polar surface area (TPSA) is 66.2 Å². The number of esters is 1. The molecule has 222 valence electrons. The van der Waals surface area contributed by atoms with Gasteiger partial charge in [-0.3, -0.25) is 0 Å². The second kappa shape index (κ2) is 11.5. The molecular weight excluding hydrogens is 562 g/mol. The number of imidazole rings is 1. The summed E-state index contributed by atoms with van der Waals surface area (Å²) in [6.07, 6.45) is -1.03. The van der Waals surface area contributed by atoms with Crippen LogP contribution in [0.25, 0.3) is 33.9 Å². The van der Waals surface area contributed by atoms with Crippen molar-refractivity contribution in [2.75, 3.05) is 6.61 Å². The molecule has 2 heterocycles. The lowest BCUT2D eigenvalue weighted by molar-refractivity contribution is -0.157. The van der Waals surface area contributed by atoms with E-state index in [9.17, 15) is 22.4 Å². The lowest BCUT2D eigenvalue weighted by atomic mass is 9.98. The van der Waals surface area contributed by atoms with Crippen LogP contribution in [0.1, 0.15) is 37.5 Å². The lowest BCUT2D eigenvalue weighted by Gasteiger charge is -2.20. The van der Waals surface area contributed by atoms with E-state index in [1.54, 1.807) is 82.4 Å². The highest BCUT2D eigenvalue weighted by atomic mass is 19.4. The third-order valence-electron chi connectivity index (χ3n) is 6.56. The number of benzene rings is 3. The van der Waals surface area contributed by atoms with Crippen LogP contribution in [0, 0.1) is 12.7 Å². The average Bonchev–Trinajstić information content (AvgIpc) is 3.35. The maximum atomic E-state index is 14.6. The Labute approximate surface area is 246 Å². The van der Waals surface area contributed by atoms with Gasteiger partial charge in [-0.25, -0.2) is 19.2 Å². The molecule has 0 amide bonds. The third-order valence-corrected chi connectivity index (χ3v) is 6.56. The van der Waals surface area contributed by atoms with Crippen LogP contribution >= 0.6 is 0 Å². The molecule has 43 heavy (non-hydrogen) atoms. The fourth-order valence-corrected chi connectivity index (χ4v) is 4.60. The van der Waals surface area contributed by atoms with Crippen LogP contribution in [0.15, 0.2) is 79.1 Å². The minimum Gasteiger partial charge on any atom is -0.482 e. The molecule has 0 unspecified atom stereocenters. The van der Waals surface area contributed by atoms with Crippen molar-refractivity contribution in [3.05, 3.63) is 102 Å². The predicted octanol–water partition coefficient (Wildman–Crippen LogP) is 7.95. The van der Waals surface area contributed by atoms with Crippen LogP contribution in [-0.4, -0.2) is 32.7 Å². The number of ether oxygens (including phenoxy) is 2. The van der Waals surface area contributed by atoms with Gasteiger partial charge in [0.2, 0.25) is 0 Å². The van der Waals surface area contributed by atoms with Crippen LogP contribution in [-0.2, 0) is 22.3 Å². The summed E-state index contributed by atoms with van der Waals surface area (Å²) in [5, 5.41) is 0. The first-order chi connectivity index (χ1) is 20.3. The number of aromatic nitrogens is 3. The standard InChI is InChI=1S/C33H29F4N3O3/c1-20-6-5-7-25(30(20)34)31-38-27-14-15-40(18-28(27)39-31)17-21-8-10-22(11-9-21)24-13-12-23(16-26(24)33(35,36)37)42-19-29(41)43-32(2,3)4/h5-16,18H,17,19H2,1-4H3. The Kier molecular flexibility index (Phi) is 7.96. The fourth-order valence-electron chi connectivity index (χ4n) is 4.60. The van der Waals surface area contributed by atoms with Crippen LogP contribution in [0.3, 0.4) is 0 Å². The molecule has 0 N–H and O–H groups in total. The molecule has 10 heteroatoms. The Balaban J connectivity index is 1.33. The van der Waals surface area contributed by atoms with E-state index in [-0.39, 0.29) is 17.1 Å². The molecule has 0 spiro atoms. The number of rotatable bonds is 7.